The molecule has 0 radical (unpaired) electrons. The quantitative estimate of drug-likeness (QED) is 0.854. The van der Waals surface area contributed by atoms with Crippen LogP contribution in [0.25, 0.3) is 0 Å². The smallest absolute Gasteiger partial charge is 0.244 e. The molecule has 1 fully saturated rings. The first-order chi connectivity index (χ1) is 8.47. The maximum absolute atomic E-state index is 12.3. The second-order valence-electron chi connectivity index (χ2n) is 4.92. The normalized spacial score (nSPS) is 18.1. The van der Waals surface area contributed by atoms with E-state index in [2.05, 4.69) is 15.0 Å². The van der Waals surface area contributed by atoms with E-state index in [9.17, 15) is 8.42 Å². The summed E-state index contributed by atoms with van der Waals surface area (Å²) < 4.78 is 27.5. The molecule has 0 saturated heterocycles. The largest absolute Gasteiger partial charge is 0.384 e. The van der Waals surface area contributed by atoms with E-state index in [0.717, 1.165) is 19.3 Å². The molecule has 0 aromatic carbocycles. The van der Waals surface area contributed by atoms with Crippen LogP contribution in [-0.2, 0) is 10.0 Å². The first kappa shape index (κ1) is 13.3. The maximum Gasteiger partial charge on any atom is 0.244 e. The van der Waals surface area contributed by atoms with Crippen molar-refractivity contribution in [2.45, 2.75) is 43.5 Å². The van der Waals surface area contributed by atoms with Crippen molar-refractivity contribution in [1.82, 2.24) is 9.71 Å². The number of hydrogen-bond acceptors (Lipinski definition) is 4. The molecule has 1 aromatic rings. The van der Waals surface area contributed by atoms with Gasteiger partial charge < -0.3 is 5.32 Å². The molecule has 1 saturated carbocycles. The molecule has 0 unspecified atom stereocenters. The zero-order chi connectivity index (χ0) is 13.2. The average molecular weight is 269 g/mol. The van der Waals surface area contributed by atoms with Gasteiger partial charge in [0.25, 0.3) is 0 Å². The zero-order valence-electron chi connectivity index (χ0n) is 10.7. The molecule has 1 aliphatic carbocycles. The molecule has 0 amide bonds. The van der Waals surface area contributed by atoms with Crippen molar-refractivity contribution < 1.29 is 8.42 Å². The van der Waals surface area contributed by atoms with Gasteiger partial charge in [0, 0.05) is 24.5 Å². The number of hydrogen-bond donors (Lipinski definition) is 2. The van der Waals surface area contributed by atoms with E-state index in [4.69, 9.17) is 0 Å². The number of pyridine rings is 1. The van der Waals surface area contributed by atoms with Crippen LogP contribution in [0, 0.1) is 0 Å². The van der Waals surface area contributed by atoms with Gasteiger partial charge in [0.1, 0.15) is 4.90 Å². The minimum atomic E-state index is -3.51. The number of sulfonamides is 1. The fourth-order valence-corrected chi connectivity index (χ4v) is 3.71. The van der Waals surface area contributed by atoms with E-state index in [1.54, 1.807) is 12.3 Å². The minimum absolute atomic E-state index is 0.222. The Morgan fingerprint density at radius 1 is 1.44 bits per heavy atom. The van der Waals surface area contributed by atoms with Gasteiger partial charge in [0.2, 0.25) is 10.0 Å². The summed E-state index contributed by atoms with van der Waals surface area (Å²) in [5.74, 6) is 0. The topological polar surface area (TPSA) is 71.1 Å². The van der Waals surface area contributed by atoms with Gasteiger partial charge in [-0.2, -0.15) is 0 Å². The van der Waals surface area contributed by atoms with E-state index in [1.165, 1.54) is 6.20 Å². The molecule has 0 spiro atoms. The highest BCUT2D eigenvalue weighted by Crippen LogP contribution is 2.33. The number of nitrogens with one attached hydrogen (secondary N) is 2. The molecule has 1 aliphatic rings. The van der Waals surface area contributed by atoms with Crippen molar-refractivity contribution in [2.24, 2.45) is 0 Å². The average Bonchev–Trinajstić information content (AvgIpc) is 2.27. The Bertz CT molecular complexity index is 524. The third-order valence-corrected chi connectivity index (χ3v) is 4.95. The second-order valence-corrected chi connectivity index (χ2v) is 6.57. The molecule has 100 valence electrons. The highest BCUT2D eigenvalue weighted by Gasteiger charge is 2.36. The fourth-order valence-electron chi connectivity index (χ4n) is 2.12. The maximum atomic E-state index is 12.3. The SMILES string of the molecule is CCNc1ccncc1S(=O)(=O)NC1(C)CCC1. The van der Waals surface area contributed by atoms with Crippen LogP contribution in [0.4, 0.5) is 5.69 Å². The predicted octanol–water partition coefficient (Wildman–Crippen LogP) is 1.73. The third kappa shape index (κ3) is 2.64. The summed E-state index contributed by atoms with van der Waals surface area (Å²) >= 11 is 0. The van der Waals surface area contributed by atoms with Crippen molar-refractivity contribution in [3.8, 4) is 0 Å². The van der Waals surface area contributed by atoms with Gasteiger partial charge in [-0.05, 0) is 39.2 Å². The van der Waals surface area contributed by atoms with Gasteiger partial charge in [-0.1, -0.05) is 0 Å². The second kappa shape index (κ2) is 4.85. The lowest BCUT2D eigenvalue weighted by molar-refractivity contribution is 0.248. The van der Waals surface area contributed by atoms with Crippen molar-refractivity contribution in [2.75, 3.05) is 11.9 Å². The lowest BCUT2D eigenvalue weighted by Crippen LogP contribution is -2.50. The first-order valence-corrected chi connectivity index (χ1v) is 7.67. The van der Waals surface area contributed by atoms with Crippen LogP contribution in [-0.4, -0.2) is 25.5 Å². The summed E-state index contributed by atoms with van der Waals surface area (Å²) in [6.07, 6.45) is 5.84. The van der Waals surface area contributed by atoms with E-state index < -0.39 is 10.0 Å². The van der Waals surface area contributed by atoms with Gasteiger partial charge in [0.05, 0.1) is 5.69 Å². The standard InChI is InChI=1S/C12H19N3O2S/c1-3-14-10-5-8-13-9-11(10)18(16,17)15-12(2)6-4-7-12/h5,8-9,15H,3-4,6-7H2,1-2H3,(H,13,14). The minimum Gasteiger partial charge on any atom is -0.384 e. The molecule has 0 bridgehead atoms. The Morgan fingerprint density at radius 2 is 2.17 bits per heavy atom. The van der Waals surface area contributed by atoms with Crippen LogP contribution >= 0.6 is 0 Å². The predicted molar refractivity (Wildman–Crippen MR) is 71.0 cm³/mol. The highest BCUT2D eigenvalue weighted by atomic mass is 32.2. The summed E-state index contributed by atoms with van der Waals surface area (Å²) in [5, 5.41) is 3.04. The molecule has 2 N–H and O–H groups in total. The molecule has 1 heterocycles. The van der Waals surface area contributed by atoms with Crippen molar-refractivity contribution >= 4 is 15.7 Å². The number of nitrogens with zero attached hydrogens (tertiary/aromatic N) is 1. The summed E-state index contributed by atoms with van der Waals surface area (Å²) in [4.78, 5) is 4.13. The van der Waals surface area contributed by atoms with E-state index >= 15 is 0 Å². The zero-order valence-corrected chi connectivity index (χ0v) is 11.5. The molecule has 18 heavy (non-hydrogen) atoms. The van der Waals surface area contributed by atoms with E-state index in [-0.39, 0.29) is 10.4 Å². The Balaban J connectivity index is 2.29. The molecule has 6 heteroatoms. The molecule has 0 atom stereocenters. The molecule has 0 aliphatic heterocycles. The Hall–Kier alpha value is -1.14. The van der Waals surface area contributed by atoms with Crippen LogP contribution in [0.2, 0.25) is 0 Å². The van der Waals surface area contributed by atoms with Crippen LogP contribution in [0.5, 0.6) is 0 Å². The Kier molecular flexibility index (Phi) is 3.59. The van der Waals surface area contributed by atoms with Gasteiger partial charge in [-0.25, -0.2) is 13.1 Å². The van der Waals surface area contributed by atoms with Crippen LogP contribution < -0.4 is 10.0 Å². The summed E-state index contributed by atoms with van der Waals surface area (Å²) in [6.45, 7) is 4.54. The molecule has 2 rings (SSSR count). The highest BCUT2D eigenvalue weighted by molar-refractivity contribution is 7.89. The fraction of sp³-hybridized carbons (Fsp3) is 0.583. The van der Waals surface area contributed by atoms with Gasteiger partial charge in [-0.3, -0.25) is 4.98 Å². The lowest BCUT2D eigenvalue weighted by Gasteiger charge is -2.38. The summed E-state index contributed by atoms with van der Waals surface area (Å²) in [6, 6.07) is 1.68. The monoisotopic (exact) mass is 269 g/mol. The third-order valence-electron chi connectivity index (χ3n) is 3.28. The Morgan fingerprint density at radius 3 is 2.72 bits per heavy atom. The number of anilines is 1. The Labute approximate surface area is 108 Å². The van der Waals surface area contributed by atoms with Gasteiger partial charge in [0.15, 0.2) is 0 Å². The molecule has 1 aromatic heterocycles. The molecule has 5 nitrogen and oxygen atoms in total. The first-order valence-electron chi connectivity index (χ1n) is 6.19. The molecular formula is C12H19N3O2S. The van der Waals surface area contributed by atoms with E-state index in [1.807, 2.05) is 13.8 Å². The number of aromatic nitrogens is 1. The van der Waals surface area contributed by atoms with Gasteiger partial charge in [-0.15, -0.1) is 0 Å². The van der Waals surface area contributed by atoms with Crippen molar-refractivity contribution in [3.05, 3.63) is 18.5 Å². The van der Waals surface area contributed by atoms with Crippen LogP contribution in [0.15, 0.2) is 23.4 Å². The summed E-state index contributed by atoms with van der Waals surface area (Å²) in [7, 11) is -3.51. The van der Waals surface area contributed by atoms with Gasteiger partial charge >= 0.3 is 0 Å². The van der Waals surface area contributed by atoms with Crippen LogP contribution in [0.1, 0.15) is 33.1 Å². The lowest BCUT2D eigenvalue weighted by atomic mass is 9.80. The van der Waals surface area contributed by atoms with Crippen LogP contribution in [0.3, 0.4) is 0 Å². The van der Waals surface area contributed by atoms with Crippen molar-refractivity contribution in [1.29, 1.82) is 0 Å². The van der Waals surface area contributed by atoms with E-state index in [0.29, 0.717) is 12.2 Å². The van der Waals surface area contributed by atoms with Crippen molar-refractivity contribution in [3.63, 3.8) is 0 Å². The molecular weight excluding hydrogens is 250 g/mol. The number of rotatable bonds is 5. The summed E-state index contributed by atoms with van der Waals surface area (Å²) in [5.41, 5.74) is 0.306.